The Morgan fingerprint density at radius 3 is 2.69 bits per heavy atom. The Hall–Kier alpha value is -2.10. The molecular weight excluding hydrogens is 202 g/mol. The van der Waals surface area contributed by atoms with Crippen molar-refractivity contribution in [3.63, 3.8) is 0 Å². The maximum Gasteiger partial charge on any atom is 0.332 e. The summed E-state index contributed by atoms with van der Waals surface area (Å²) >= 11 is 0. The van der Waals surface area contributed by atoms with Gasteiger partial charge in [0.25, 0.3) is 0 Å². The highest BCUT2D eigenvalue weighted by molar-refractivity contribution is 5.98. The number of carbonyl (C=O) groups is 1. The van der Waals surface area contributed by atoms with E-state index >= 15 is 0 Å². The second-order valence-electron chi connectivity index (χ2n) is 3.18. The van der Waals surface area contributed by atoms with E-state index in [0.29, 0.717) is 0 Å². The zero-order valence-corrected chi connectivity index (χ0v) is 9.18. The standard InChI is InChI=1S/C12H15N3O/c1-2-11(14-15-12(13)16)9-8-10-6-4-3-5-7-10/h3-9H,2H2,1H3,(H3,13,15,16). The number of allylic oxidation sites excluding steroid dienone is 1. The van der Waals surface area contributed by atoms with Crippen LogP contribution in [-0.4, -0.2) is 11.7 Å². The first-order valence-electron chi connectivity index (χ1n) is 5.07. The second-order valence-corrected chi connectivity index (χ2v) is 3.18. The third-order valence-corrected chi connectivity index (χ3v) is 1.94. The average molecular weight is 217 g/mol. The van der Waals surface area contributed by atoms with E-state index in [2.05, 4.69) is 10.5 Å². The smallest absolute Gasteiger partial charge is 0.332 e. The number of amides is 2. The lowest BCUT2D eigenvalue weighted by atomic mass is 10.2. The number of hydrogen-bond donors (Lipinski definition) is 2. The van der Waals surface area contributed by atoms with Crippen molar-refractivity contribution in [3.05, 3.63) is 42.0 Å². The Bertz CT molecular complexity index is 396. The molecule has 84 valence electrons. The average Bonchev–Trinajstić information content (AvgIpc) is 2.30. The van der Waals surface area contributed by atoms with Crippen molar-refractivity contribution in [2.45, 2.75) is 13.3 Å². The largest absolute Gasteiger partial charge is 0.350 e. The number of primary amides is 1. The normalized spacial score (nSPS) is 11.7. The molecule has 16 heavy (non-hydrogen) atoms. The summed E-state index contributed by atoms with van der Waals surface area (Å²) in [6.45, 7) is 1.96. The molecule has 1 aromatic rings. The van der Waals surface area contributed by atoms with Gasteiger partial charge in [-0.1, -0.05) is 43.3 Å². The summed E-state index contributed by atoms with van der Waals surface area (Å²) in [6, 6.07) is 9.21. The minimum absolute atomic E-state index is 0.654. The highest BCUT2D eigenvalue weighted by atomic mass is 16.2. The zero-order valence-electron chi connectivity index (χ0n) is 9.18. The maximum absolute atomic E-state index is 10.5. The topological polar surface area (TPSA) is 67.5 Å². The van der Waals surface area contributed by atoms with Crippen molar-refractivity contribution in [3.8, 4) is 0 Å². The highest BCUT2D eigenvalue weighted by Gasteiger charge is 1.92. The van der Waals surface area contributed by atoms with Crippen LogP contribution in [0.15, 0.2) is 41.5 Å². The van der Waals surface area contributed by atoms with Gasteiger partial charge in [0.1, 0.15) is 0 Å². The van der Waals surface area contributed by atoms with Crippen molar-refractivity contribution in [1.82, 2.24) is 5.43 Å². The summed E-state index contributed by atoms with van der Waals surface area (Å²) in [5.41, 5.74) is 8.98. The fourth-order valence-corrected chi connectivity index (χ4v) is 1.12. The van der Waals surface area contributed by atoms with Gasteiger partial charge in [-0.3, -0.25) is 0 Å². The molecule has 0 atom stereocenters. The summed E-state index contributed by atoms with van der Waals surface area (Å²) in [6.07, 6.45) is 4.51. The van der Waals surface area contributed by atoms with E-state index in [1.807, 2.05) is 49.4 Å². The first-order valence-corrected chi connectivity index (χ1v) is 5.07. The molecule has 0 aliphatic heterocycles. The highest BCUT2D eigenvalue weighted by Crippen LogP contribution is 2.01. The molecule has 0 aromatic heterocycles. The van der Waals surface area contributed by atoms with Gasteiger partial charge < -0.3 is 5.73 Å². The number of carbonyl (C=O) groups excluding carboxylic acids is 1. The van der Waals surface area contributed by atoms with Crippen LogP contribution in [0.25, 0.3) is 6.08 Å². The minimum atomic E-state index is -0.654. The van der Waals surface area contributed by atoms with Crippen LogP contribution in [0.4, 0.5) is 4.79 Å². The van der Waals surface area contributed by atoms with Crippen LogP contribution in [0.5, 0.6) is 0 Å². The Balaban J connectivity index is 2.66. The molecule has 0 saturated carbocycles. The number of urea groups is 1. The molecular formula is C12H15N3O. The predicted octanol–water partition coefficient (Wildman–Crippen LogP) is 2.13. The van der Waals surface area contributed by atoms with Crippen LogP contribution in [0.3, 0.4) is 0 Å². The van der Waals surface area contributed by atoms with Crippen LogP contribution in [-0.2, 0) is 0 Å². The summed E-state index contributed by atoms with van der Waals surface area (Å²) in [5, 5.41) is 3.86. The molecule has 0 aliphatic rings. The molecule has 4 nitrogen and oxygen atoms in total. The van der Waals surface area contributed by atoms with E-state index in [0.717, 1.165) is 17.7 Å². The van der Waals surface area contributed by atoms with E-state index in [4.69, 9.17) is 5.73 Å². The molecule has 0 fully saturated rings. The Morgan fingerprint density at radius 1 is 1.44 bits per heavy atom. The lowest BCUT2D eigenvalue weighted by Gasteiger charge is -1.97. The minimum Gasteiger partial charge on any atom is -0.350 e. The van der Waals surface area contributed by atoms with Gasteiger partial charge in [-0.25, -0.2) is 10.2 Å². The van der Waals surface area contributed by atoms with Crippen molar-refractivity contribution in [1.29, 1.82) is 0 Å². The van der Waals surface area contributed by atoms with Gasteiger partial charge >= 0.3 is 6.03 Å². The number of nitrogens with zero attached hydrogens (tertiary/aromatic N) is 1. The molecule has 0 saturated heterocycles. The predicted molar refractivity (Wildman–Crippen MR) is 65.9 cm³/mol. The fraction of sp³-hybridized carbons (Fsp3) is 0.167. The van der Waals surface area contributed by atoms with Gasteiger partial charge in [-0.05, 0) is 18.1 Å². The molecule has 4 heteroatoms. The Kier molecular flexibility index (Phi) is 4.79. The Morgan fingerprint density at radius 2 is 2.12 bits per heavy atom. The van der Waals surface area contributed by atoms with Crippen molar-refractivity contribution in [2.75, 3.05) is 0 Å². The maximum atomic E-state index is 10.5. The summed E-state index contributed by atoms with van der Waals surface area (Å²) in [7, 11) is 0. The van der Waals surface area contributed by atoms with Gasteiger partial charge in [0.2, 0.25) is 0 Å². The van der Waals surface area contributed by atoms with Crippen molar-refractivity contribution in [2.24, 2.45) is 10.8 Å². The first-order chi connectivity index (χ1) is 7.72. The second kappa shape index (κ2) is 6.40. The SMILES string of the molecule is CCC(C=Cc1ccccc1)=NNC(N)=O. The lowest BCUT2D eigenvalue weighted by Crippen LogP contribution is -2.25. The molecule has 1 rings (SSSR count). The third-order valence-electron chi connectivity index (χ3n) is 1.94. The van der Waals surface area contributed by atoms with Crippen LogP contribution in [0.1, 0.15) is 18.9 Å². The molecule has 3 N–H and O–H groups in total. The molecule has 2 amide bonds. The molecule has 0 heterocycles. The van der Waals surface area contributed by atoms with E-state index < -0.39 is 6.03 Å². The molecule has 0 radical (unpaired) electrons. The van der Waals surface area contributed by atoms with Crippen LogP contribution in [0.2, 0.25) is 0 Å². The summed E-state index contributed by atoms with van der Waals surface area (Å²) in [4.78, 5) is 10.5. The van der Waals surface area contributed by atoms with Crippen molar-refractivity contribution < 1.29 is 4.79 Å². The number of rotatable bonds is 4. The number of nitrogens with one attached hydrogen (secondary N) is 1. The van der Waals surface area contributed by atoms with E-state index in [-0.39, 0.29) is 0 Å². The number of hydrogen-bond acceptors (Lipinski definition) is 2. The van der Waals surface area contributed by atoms with Gasteiger partial charge in [0.05, 0.1) is 5.71 Å². The van der Waals surface area contributed by atoms with Gasteiger partial charge in [-0.2, -0.15) is 5.10 Å². The van der Waals surface area contributed by atoms with E-state index in [1.54, 1.807) is 0 Å². The van der Waals surface area contributed by atoms with Crippen LogP contribution in [0, 0.1) is 0 Å². The third kappa shape index (κ3) is 4.41. The quantitative estimate of drug-likeness (QED) is 0.588. The monoisotopic (exact) mass is 217 g/mol. The number of benzene rings is 1. The Labute approximate surface area is 94.8 Å². The van der Waals surface area contributed by atoms with Crippen LogP contribution < -0.4 is 11.2 Å². The summed E-state index contributed by atoms with van der Waals surface area (Å²) in [5.74, 6) is 0. The number of hydrazone groups is 1. The fourth-order valence-electron chi connectivity index (χ4n) is 1.12. The van der Waals surface area contributed by atoms with Gasteiger partial charge in [0, 0.05) is 0 Å². The number of nitrogens with two attached hydrogens (primary N) is 1. The van der Waals surface area contributed by atoms with E-state index in [9.17, 15) is 4.79 Å². The molecule has 0 bridgehead atoms. The molecule has 0 spiro atoms. The first kappa shape index (κ1) is 12.0. The van der Waals surface area contributed by atoms with E-state index in [1.165, 1.54) is 0 Å². The zero-order chi connectivity index (χ0) is 11.8. The van der Waals surface area contributed by atoms with Crippen molar-refractivity contribution >= 4 is 17.8 Å². The van der Waals surface area contributed by atoms with Gasteiger partial charge in [0.15, 0.2) is 0 Å². The van der Waals surface area contributed by atoms with Gasteiger partial charge in [-0.15, -0.1) is 0 Å². The molecule has 1 aromatic carbocycles. The molecule has 0 unspecified atom stereocenters. The molecule has 0 aliphatic carbocycles. The lowest BCUT2D eigenvalue weighted by molar-refractivity contribution is 0.249. The summed E-state index contributed by atoms with van der Waals surface area (Å²) < 4.78 is 0. The van der Waals surface area contributed by atoms with Crippen LogP contribution >= 0.6 is 0 Å².